The fourth-order valence-corrected chi connectivity index (χ4v) is 3.36. The van der Waals surface area contributed by atoms with E-state index >= 15 is 0 Å². The minimum Gasteiger partial charge on any atom is -0.319 e. The molecule has 4 heteroatoms. The van der Waals surface area contributed by atoms with Gasteiger partial charge in [-0.2, -0.15) is 4.99 Å². The Morgan fingerprint density at radius 1 is 1.33 bits per heavy atom. The van der Waals surface area contributed by atoms with Crippen LogP contribution in [-0.2, 0) is 11.8 Å². The van der Waals surface area contributed by atoms with E-state index < -0.39 is 0 Å². The maximum atomic E-state index is 11.8. The van der Waals surface area contributed by atoms with E-state index in [1.54, 1.807) is 11.3 Å². The van der Waals surface area contributed by atoms with Crippen LogP contribution < -0.4 is 4.80 Å². The number of nitrogens with zero attached hydrogens (tertiary/aromatic N) is 2. The lowest BCUT2D eigenvalue weighted by Gasteiger charge is -2.01. The normalized spacial score (nSPS) is 16.5. The molecule has 0 saturated heterocycles. The lowest BCUT2D eigenvalue weighted by molar-refractivity contribution is -0.119. The van der Waals surface area contributed by atoms with Crippen molar-refractivity contribution in [3.63, 3.8) is 0 Å². The van der Waals surface area contributed by atoms with Crippen LogP contribution in [0.3, 0.4) is 0 Å². The Labute approximate surface area is 110 Å². The molecule has 0 unspecified atom stereocenters. The molecule has 1 amide bonds. The first kappa shape index (κ1) is 11.7. The number of thiazole rings is 1. The van der Waals surface area contributed by atoms with E-state index in [0.717, 1.165) is 17.6 Å². The van der Waals surface area contributed by atoms with Crippen molar-refractivity contribution >= 4 is 27.5 Å². The summed E-state index contributed by atoms with van der Waals surface area (Å²) in [5.74, 6) is 0.241. The number of hydrogen-bond acceptors (Lipinski definition) is 2. The van der Waals surface area contributed by atoms with Gasteiger partial charge in [0.25, 0.3) is 5.91 Å². The van der Waals surface area contributed by atoms with Crippen molar-refractivity contribution in [1.29, 1.82) is 0 Å². The highest BCUT2D eigenvalue weighted by Gasteiger charge is 2.29. The van der Waals surface area contributed by atoms with Gasteiger partial charge in [-0.1, -0.05) is 23.5 Å². The molecule has 0 atom stereocenters. The highest BCUT2D eigenvalue weighted by molar-refractivity contribution is 7.16. The number of rotatable bonds is 1. The highest BCUT2D eigenvalue weighted by Crippen LogP contribution is 2.30. The molecule has 1 heterocycles. The first-order valence-electron chi connectivity index (χ1n) is 6.22. The molecule has 1 aliphatic carbocycles. The Morgan fingerprint density at radius 3 is 2.61 bits per heavy atom. The molecule has 0 aliphatic heterocycles. The largest absolute Gasteiger partial charge is 0.319 e. The van der Waals surface area contributed by atoms with Gasteiger partial charge in [0.1, 0.15) is 0 Å². The number of aromatic nitrogens is 1. The Kier molecular flexibility index (Phi) is 2.63. The number of fused-ring (bicyclic) bond motifs is 1. The van der Waals surface area contributed by atoms with E-state index in [4.69, 9.17) is 0 Å². The fraction of sp³-hybridized carbons (Fsp3) is 0.429. The van der Waals surface area contributed by atoms with Crippen LogP contribution >= 0.6 is 11.3 Å². The molecule has 94 valence electrons. The van der Waals surface area contributed by atoms with Crippen LogP contribution in [0.15, 0.2) is 17.1 Å². The quantitative estimate of drug-likeness (QED) is 0.776. The second-order valence-corrected chi connectivity index (χ2v) is 6.02. The van der Waals surface area contributed by atoms with Gasteiger partial charge in [-0.25, -0.2) is 0 Å². The van der Waals surface area contributed by atoms with Crippen molar-refractivity contribution in [3.05, 3.63) is 28.1 Å². The van der Waals surface area contributed by atoms with Gasteiger partial charge in [0, 0.05) is 13.0 Å². The van der Waals surface area contributed by atoms with Crippen LogP contribution in [-0.4, -0.2) is 10.5 Å². The van der Waals surface area contributed by atoms with Gasteiger partial charge >= 0.3 is 0 Å². The summed E-state index contributed by atoms with van der Waals surface area (Å²) in [6.45, 7) is 4.20. The van der Waals surface area contributed by atoms with E-state index in [2.05, 4.69) is 31.0 Å². The van der Waals surface area contributed by atoms with Crippen LogP contribution in [0.1, 0.15) is 24.0 Å². The number of benzene rings is 1. The molecule has 0 N–H and O–H groups in total. The Hall–Kier alpha value is -1.42. The number of carbonyl (C=O) groups is 1. The predicted molar refractivity (Wildman–Crippen MR) is 73.6 cm³/mol. The fourth-order valence-electron chi connectivity index (χ4n) is 2.19. The molecule has 1 aromatic heterocycles. The maximum absolute atomic E-state index is 11.8. The zero-order chi connectivity index (χ0) is 12.9. The molecular weight excluding hydrogens is 244 g/mol. The van der Waals surface area contributed by atoms with Crippen LogP contribution in [0.5, 0.6) is 0 Å². The molecule has 2 aromatic rings. The van der Waals surface area contributed by atoms with Crippen molar-refractivity contribution in [2.24, 2.45) is 18.0 Å². The molecule has 1 aliphatic rings. The SMILES string of the molecule is Cc1ccc(C)c2c1sc(=NC(=O)C1CC1)n2C. The molecule has 1 fully saturated rings. The zero-order valence-electron chi connectivity index (χ0n) is 10.9. The third kappa shape index (κ3) is 1.81. The minimum atomic E-state index is 0.0486. The number of hydrogen-bond donors (Lipinski definition) is 0. The predicted octanol–water partition coefficient (Wildman–Crippen LogP) is 2.69. The Balaban J connectivity index is 2.25. The lowest BCUT2D eigenvalue weighted by Crippen LogP contribution is -2.14. The molecule has 0 spiro atoms. The van der Waals surface area contributed by atoms with Gasteiger partial charge in [0.2, 0.25) is 0 Å². The van der Waals surface area contributed by atoms with Gasteiger partial charge in [-0.05, 0) is 37.8 Å². The van der Waals surface area contributed by atoms with Crippen molar-refractivity contribution in [3.8, 4) is 0 Å². The Bertz CT molecular complexity index is 704. The monoisotopic (exact) mass is 260 g/mol. The first-order chi connectivity index (χ1) is 8.58. The third-order valence-corrected chi connectivity index (χ3v) is 4.75. The number of amides is 1. The zero-order valence-corrected chi connectivity index (χ0v) is 11.7. The second-order valence-electron chi connectivity index (χ2n) is 5.05. The molecule has 0 radical (unpaired) electrons. The van der Waals surface area contributed by atoms with Crippen molar-refractivity contribution in [2.75, 3.05) is 0 Å². The Morgan fingerprint density at radius 2 is 2.00 bits per heavy atom. The summed E-state index contributed by atoms with van der Waals surface area (Å²) in [6.07, 6.45) is 2.02. The summed E-state index contributed by atoms with van der Waals surface area (Å²) >= 11 is 1.61. The third-order valence-electron chi connectivity index (χ3n) is 3.48. The first-order valence-corrected chi connectivity index (χ1v) is 7.04. The summed E-state index contributed by atoms with van der Waals surface area (Å²) in [5.41, 5.74) is 3.67. The highest BCUT2D eigenvalue weighted by atomic mass is 32.1. The van der Waals surface area contributed by atoms with E-state index in [-0.39, 0.29) is 11.8 Å². The molecule has 1 saturated carbocycles. The van der Waals surface area contributed by atoms with Crippen molar-refractivity contribution in [2.45, 2.75) is 26.7 Å². The van der Waals surface area contributed by atoms with E-state index in [9.17, 15) is 4.79 Å². The van der Waals surface area contributed by atoms with E-state index in [1.165, 1.54) is 21.3 Å². The van der Waals surface area contributed by atoms with E-state index in [1.807, 2.05) is 11.6 Å². The van der Waals surface area contributed by atoms with Crippen LogP contribution in [0.2, 0.25) is 0 Å². The summed E-state index contributed by atoms with van der Waals surface area (Å²) in [7, 11) is 1.99. The maximum Gasteiger partial charge on any atom is 0.251 e. The summed E-state index contributed by atoms with van der Waals surface area (Å²) < 4.78 is 3.28. The molecule has 3 nitrogen and oxygen atoms in total. The molecule has 18 heavy (non-hydrogen) atoms. The lowest BCUT2D eigenvalue weighted by atomic mass is 10.1. The van der Waals surface area contributed by atoms with Crippen LogP contribution in [0, 0.1) is 19.8 Å². The van der Waals surface area contributed by atoms with Gasteiger partial charge in [0.05, 0.1) is 10.2 Å². The molecule has 1 aromatic carbocycles. The second kappa shape index (κ2) is 4.05. The molecule has 0 bridgehead atoms. The standard InChI is InChI=1S/C14H16N2OS/c1-8-4-5-9(2)12-11(8)16(3)14(18-12)15-13(17)10-6-7-10/h4-5,10H,6-7H2,1-3H3. The average molecular weight is 260 g/mol. The smallest absolute Gasteiger partial charge is 0.251 e. The summed E-state index contributed by atoms with van der Waals surface area (Å²) in [5, 5.41) is 0. The summed E-state index contributed by atoms with van der Waals surface area (Å²) in [4.78, 5) is 16.9. The van der Waals surface area contributed by atoms with Crippen molar-refractivity contribution in [1.82, 2.24) is 4.57 Å². The van der Waals surface area contributed by atoms with Crippen LogP contribution in [0.25, 0.3) is 10.2 Å². The van der Waals surface area contributed by atoms with Gasteiger partial charge < -0.3 is 4.57 Å². The minimum absolute atomic E-state index is 0.0486. The van der Waals surface area contributed by atoms with E-state index in [0.29, 0.717) is 0 Å². The molecule has 3 rings (SSSR count). The summed E-state index contributed by atoms with van der Waals surface area (Å²) in [6, 6.07) is 4.25. The van der Waals surface area contributed by atoms with Crippen molar-refractivity contribution < 1.29 is 4.79 Å². The topological polar surface area (TPSA) is 34.4 Å². The van der Waals surface area contributed by atoms with Gasteiger partial charge in [-0.3, -0.25) is 4.79 Å². The molecular formula is C14H16N2OS. The van der Waals surface area contributed by atoms with Gasteiger partial charge in [-0.15, -0.1) is 0 Å². The number of carbonyl (C=O) groups excluding carboxylic acids is 1. The van der Waals surface area contributed by atoms with Gasteiger partial charge in [0.15, 0.2) is 4.80 Å². The van der Waals surface area contributed by atoms with Crippen LogP contribution in [0.4, 0.5) is 0 Å². The average Bonchev–Trinajstić information content (AvgIpc) is 3.12. The number of aryl methyl sites for hydroxylation is 3.